The maximum atomic E-state index is 12.3. The molecule has 0 amide bonds. The van der Waals surface area contributed by atoms with Crippen LogP contribution in [0.25, 0.3) is 0 Å². The van der Waals surface area contributed by atoms with Gasteiger partial charge >= 0.3 is 0 Å². The van der Waals surface area contributed by atoms with E-state index in [1.54, 1.807) is 30.3 Å². The molecule has 0 fully saturated rings. The molecule has 26 heavy (non-hydrogen) atoms. The highest BCUT2D eigenvalue weighted by molar-refractivity contribution is 7.92. The van der Waals surface area contributed by atoms with Gasteiger partial charge in [0.25, 0.3) is 10.0 Å². The van der Waals surface area contributed by atoms with Crippen molar-refractivity contribution >= 4 is 27.2 Å². The fourth-order valence-corrected chi connectivity index (χ4v) is 3.40. The molecular weight excluding hydrogens is 350 g/mol. The van der Waals surface area contributed by atoms with Crippen molar-refractivity contribution in [3.05, 3.63) is 72.9 Å². The SMILES string of the molecule is CCOc1ccccc1Nc1ccc(NS(=O)(=O)c2ccccc2)cn1. The third kappa shape index (κ3) is 4.31. The van der Waals surface area contributed by atoms with Gasteiger partial charge in [0.2, 0.25) is 0 Å². The van der Waals surface area contributed by atoms with E-state index in [1.165, 1.54) is 18.3 Å². The molecule has 2 aromatic carbocycles. The Balaban J connectivity index is 1.73. The minimum atomic E-state index is -3.63. The summed E-state index contributed by atoms with van der Waals surface area (Å²) >= 11 is 0. The number of aromatic nitrogens is 1. The van der Waals surface area contributed by atoms with Crippen molar-refractivity contribution in [2.24, 2.45) is 0 Å². The zero-order valence-corrected chi connectivity index (χ0v) is 15.0. The second-order valence-electron chi connectivity index (χ2n) is 5.40. The van der Waals surface area contributed by atoms with Crippen molar-refractivity contribution in [2.75, 3.05) is 16.6 Å². The number of benzene rings is 2. The topological polar surface area (TPSA) is 80.3 Å². The van der Waals surface area contributed by atoms with Gasteiger partial charge in [-0.2, -0.15) is 0 Å². The standard InChI is InChI=1S/C19H19N3O3S/c1-2-25-18-11-7-6-10-17(18)21-19-13-12-15(14-20-19)22-26(23,24)16-8-4-3-5-9-16/h3-14,22H,2H2,1H3,(H,20,21). The summed E-state index contributed by atoms with van der Waals surface area (Å²) in [5.41, 5.74) is 1.18. The molecule has 3 aromatic rings. The van der Waals surface area contributed by atoms with Gasteiger partial charge in [-0.25, -0.2) is 13.4 Å². The Morgan fingerprint density at radius 3 is 2.38 bits per heavy atom. The summed E-state index contributed by atoms with van der Waals surface area (Å²) in [6.45, 7) is 2.48. The van der Waals surface area contributed by atoms with Crippen LogP contribution in [-0.4, -0.2) is 20.0 Å². The second kappa shape index (κ2) is 7.88. The van der Waals surface area contributed by atoms with E-state index in [0.29, 0.717) is 18.1 Å². The van der Waals surface area contributed by atoms with Gasteiger partial charge in [-0.3, -0.25) is 4.72 Å². The Hall–Kier alpha value is -3.06. The van der Waals surface area contributed by atoms with E-state index in [-0.39, 0.29) is 4.90 Å². The molecule has 0 atom stereocenters. The van der Waals surface area contributed by atoms with Crippen LogP contribution in [0.3, 0.4) is 0 Å². The van der Waals surface area contributed by atoms with Gasteiger partial charge in [-0.1, -0.05) is 30.3 Å². The lowest BCUT2D eigenvalue weighted by Crippen LogP contribution is -2.13. The van der Waals surface area contributed by atoms with E-state index < -0.39 is 10.0 Å². The first-order valence-electron chi connectivity index (χ1n) is 8.11. The van der Waals surface area contributed by atoms with Crippen molar-refractivity contribution in [2.45, 2.75) is 11.8 Å². The van der Waals surface area contributed by atoms with Gasteiger partial charge in [0.05, 0.1) is 29.1 Å². The monoisotopic (exact) mass is 369 g/mol. The molecule has 0 saturated carbocycles. The van der Waals surface area contributed by atoms with Crippen molar-refractivity contribution in [1.82, 2.24) is 4.98 Å². The predicted octanol–water partition coefficient (Wildman–Crippen LogP) is 4.02. The van der Waals surface area contributed by atoms with Gasteiger partial charge in [0.1, 0.15) is 11.6 Å². The zero-order valence-electron chi connectivity index (χ0n) is 14.2. The first-order valence-corrected chi connectivity index (χ1v) is 9.59. The number of pyridine rings is 1. The molecule has 7 heteroatoms. The molecular formula is C19H19N3O3S. The normalized spacial score (nSPS) is 11.0. The molecule has 0 unspecified atom stereocenters. The molecule has 0 bridgehead atoms. The summed E-state index contributed by atoms with van der Waals surface area (Å²) in [4.78, 5) is 4.46. The Morgan fingerprint density at radius 1 is 0.962 bits per heavy atom. The summed E-state index contributed by atoms with van der Waals surface area (Å²) in [5, 5.41) is 3.17. The van der Waals surface area contributed by atoms with Gasteiger partial charge in [0, 0.05) is 0 Å². The average Bonchev–Trinajstić information content (AvgIpc) is 2.66. The molecule has 3 rings (SSSR count). The lowest BCUT2D eigenvalue weighted by molar-refractivity contribution is 0.342. The van der Waals surface area contributed by atoms with Crippen molar-refractivity contribution in [1.29, 1.82) is 0 Å². The third-order valence-corrected chi connectivity index (χ3v) is 4.92. The van der Waals surface area contributed by atoms with Crippen LogP contribution in [0.4, 0.5) is 17.2 Å². The molecule has 0 radical (unpaired) electrons. The molecule has 1 heterocycles. The Bertz CT molecular complexity index is 959. The first kappa shape index (κ1) is 17.8. The molecule has 0 aliphatic heterocycles. The van der Waals surface area contributed by atoms with Crippen LogP contribution in [-0.2, 0) is 10.0 Å². The summed E-state index contributed by atoms with van der Waals surface area (Å²) in [5.74, 6) is 1.31. The lowest BCUT2D eigenvalue weighted by atomic mass is 10.3. The third-order valence-electron chi connectivity index (χ3n) is 3.52. The number of nitrogens with one attached hydrogen (secondary N) is 2. The maximum absolute atomic E-state index is 12.3. The molecule has 1 aromatic heterocycles. The van der Waals surface area contributed by atoms with Crippen molar-refractivity contribution < 1.29 is 13.2 Å². The average molecular weight is 369 g/mol. The highest BCUT2D eigenvalue weighted by Crippen LogP contribution is 2.27. The van der Waals surface area contributed by atoms with Crippen molar-refractivity contribution in [3.63, 3.8) is 0 Å². The zero-order chi connectivity index (χ0) is 18.4. The fraction of sp³-hybridized carbons (Fsp3) is 0.105. The minimum Gasteiger partial charge on any atom is -0.492 e. The number of hydrogen-bond acceptors (Lipinski definition) is 5. The fourth-order valence-electron chi connectivity index (χ4n) is 2.33. The quantitative estimate of drug-likeness (QED) is 0.657. The van der Waals surface area contributed by atoms with Crippen LogP contribution in [0.5, 0.6) is 5.75 Å². The van der Waals surface area contributed by atoms with Gasteiger partial charge in [0.15, 0.2) is 0 Å². The van der Waals surface area contributed by atoms with E-state index in [0.717, 1.165) is 11.4 Å². The molecule has 0 saturated heterocycles. The van der Waals surface area contributed by atoms with Crippen LogP contribution < -0.4 is 14.8 Å². The number of hydrogen-bond donors (Lipinski definition) is 2. The summed E-state index contributed by atoms with van der Waals surface area (Å²) in [7, 11) is -3.63. The van der Waals surface area contributed by atoms with Crippen LogP contribution in [0.2, 0.25) is 0 Å². The molecule has 134 valence electrons. The number of para-hydroxylation sites is 2. The first-order chi connectivity index (χ1) is 12.6. The second-order valence-corrected chi connectivity index (χ2v) is 7.09. The van der Waals surface area contributed by atoms with Crippen LogP contribution >= 0.6 is 0 Å². The van der Waals surface area contributed by atoms with Crippen LogP contribution in [0.15, 0.2) is 77.8 Å². The summed E-state index contributed by atoms with van der Waals surface area (Å²) in [6, 6.07) is 19.1. The largest absolute Gasteiger partial charge is 0.492 e. The van der Waals surface area contributed by atoms with E-state index in [1.807, 2.05) is 31.2 Å². The lowest BCUT2D eigenvalue weighted by Gasteiger charge is -2.12. The molecule has 0 aliphatic rings. The molecule has 0 spiro atoms. The smallest absolute Gasteiger partial charge is 0.261 e. The number of anilines is 3. The Kier molecular flexibility index (Phi) is 5.38. The predicted molar refractivity (Wildman–Crippen MR) is 102 cm³/mol. The van der Waals surface area contributed by atoms with Crippen LogP contribution in [0, 0.1) is 0 Å². The van der Waals surface area contributed by atoms with Gasteiger partial charge < -0.3 is 10.1 Å². The number of rotatable bonds is 7. The van der Waals surface area contributed by atoms with E-state index in [9.17, 15) is 8.42 Å². The Labute approximate surface area is 152 Å². The van der Waals surface area contributed by atoms with E-state index in [4.69, 9.17) is 4.74 Å². The Morgan fingerprint density at radius 2 is 1.69 bits per heavy atom. The molecule has 6 nitrogen and oxygen atoms in total. The van der Waals surface area contributed by atoms with Gasteiger partial charge in [-0.05, 0) is 43.3 Å². The summed E-state index contributed by atoms with van der Waals surface area (Å²) < 4.78 is 32.7. The van der Waals surface area contributed by atoms with Gasteiger partial charge in [-0.15, -0.1) is 0 Å². The van der Waals surface area contributed by atoms with E-state index >= 15 is 0 Å². The molecule has 2 N–H and O–H groups in total. The number of ether oxygens (including phenoxy) is 1. The summed E-state index contributed by atoms with van der Waals surface area (Å²) in [6.07, 6.45) is 1.46. The van der Waals surface area contributed by atoms with E-state index in [2.05, 4.69) is 15.0 Å². The van der Waals surface area contributed by atoms with Crippen LogP contribution in [0.1, 0.15) is 6.92 Å². The highest BCUT2D eigenvalue weighted by Gasteiger charge is 2.13. The number of nitrogens with zero attached hydrogens (tertiary/aromatic N) is 1. The minimum absolute atomic E-state index is 0.202. The number of sulfonamides is 1. The molecule has 0 aliphatic carbocycles. The highest BCUT2D eigenvalue weighted by atomic mass is 32.2. The maximum Gasteiger partial charge on any atom is 0.261 e. The van der Waals surface area contributed by atoms with Crippen molar-refractivity contribution in [3.8, 4) is 5.75 Å².